The van der Waals surface area contributed by atoms with Crippen molar-refractivity contribution in [2.45, 2.75) is 40.2 Å². The van der Waals surface area contributed by atoms with E-state index in [0.29, 0.717) is 48.2 Å². The second kappa shape index (κ2) is 8.46. The van der Waals surface area contributed by atoms with Crippen LogP contribution in [0.15, 0.2) is 42.5 Å². The fourth-order valence-corrected chi connectivity index (χ4v) is 3.60. The van der Waals surface area contributed by atoms with E-state index in [1.54, 1.807) is 24.3 Å². The van der Waals surface area contributed by atoms with E-state index in [0.717, 1.165) is 5.56 Å². The number of hydrogen-bond acceptors (Lipinski definition) is 4. The number of ether oxygens (including phenoxy) is 2. The standard InChI is InChI=1S/C23H27NO4/c1-5-27-20-12-11-16(14-21(20)28-6-2)19(13-15(3)4)24-22(25)17-9-7-8-10-18(17)23(24)26/h7-12,14-15,19H,5-6,13H2,1-4H3. The summed E-state index contributed by atoms with van der Waals surface area (Å²) in [5.74, 6) is 1.12. The lowest BCUT2D eigenvalue weighted by molar-refractivity contribution is 0.0563. The van der Waals surface area contributed by atoms with Gasteiger partial charge in [-0.3, -0.25) is 14.5 Å². The number of hydrogen-bond donors (Lipinski definition) is 0. The molecule has 0 spiro atoms. The quantitative estimate of drug-likeness (QED) is 0.612. The zero-order valence-electron chi connectivity index (χ0n) is 16.9. The van der Waals surface area contributed by atoms with Crippen LogP contribution in [-0.4, -0.2) is 29.9 Å². The third-order valence-electron chi connectivity index (χ3n) is 4.78. The molecule has 0 fully saturated rings. The number of amides is 2. The van der Waals surface area contributed by atoms with Crippen molar-refractivity contribution in [3.05, 3.63) is 59.2 Å². The van der Waals surface area contributed by atoms with E-state index in [4.69, 9.17) is 9.47 Å². The lowest BCUT2D eigenvalue weighted by Crippen LogP contribution is -2.35. The largest absolute Gasteiger partial charge is 0.490 e. The number of benzene rings is 2. The summed E-state index contributed by atoms with van der Waals surface area (Å²) in [5.41, 5.74) is 1.81. The van der Waals surface area contributed by atoms with Crippen molar-refractivity contribution < 1.29 is 19.1 Å². The minimum Gasteiger partial charge on any atom is -0.490 e. The SMILES string of the molecule is CCOc1ccc(C(CC(C)C)N2C(=O)c3ccccc3C2=O)cc1OCC. The third-order valence-corrected chi connectivity index (χ3v) is 4.78. The van der Waals surface area contributed by atoms with Gasteiger partial charge in [0.2, 0.25) is 0 Å². The summed E-state index contributed by atoms with van der Waals surface area (Å²) in [6, 6.07) is 12.3. The molecule has 2 aromatic rings. The molecule has 1 atom stereocenters. The number of nitrogens with zero attached hydrogens (tertiary/aromatic N) is 1. The molecule has 0 aromatic heterocycles. The monoisotopic (exact) mass is 381 g/mol. The van der Waals surface area contributed by atoms with Gasteiger partial charge in [0, 0.05) is 0 Å². The van der Waals surface area contributed by atoms with Gasteiger partial charge < -0.3 is 9.47 Å². The van der Waals surface area contributed by atoms with Crippen LogP contribution in [0.2, 0.25) is 0 Å². The van der Waals surface area contributed by atoms with Crippen molar-refractivity contribution >= 4 is 11.8 Å². The second-order valence-corrected chi connectivity index (χ2v) is 7.24. The molecule has 1 heterocycles. The molecule has 2 aromatic carbocycles. The number of carbonyl (C=O) groups excluding carboxylic acids is 2. The fourth-order valence-electron chi connectivity index (χ4n) is 3.60. The van der Waals surface area contributed by atoms with Crippen molar-refractivity contribution in [2.24, 2.45) is 5.92 Å². The fraction of sp³-hybridized carbons (Fsp3) is 0.391. The van der Waals surface area contributed by atoms with E-state index in [-0.39, 0.29) is 17.9 Å². The molecule has 0 saturated heterocycles. The van der Waals surface area contributed by atoms with Crippen LogP contribution in [-0.2, 0) is 0 Å². The highest BCUT2D eigenvalue weighted by molar-refractivity contribution is 6.21. The van der Waals surface area contributed by atoms with Crippen molar-refractivity contribution in [1.29, 1.82) is 0 Å². The maximum absolute atomic E-state index is 13.0. The lowest BCUT2D eigenvalue weighted by Gasteiger charge is -2.29. The Bertz CT molecular complexity index is 840. The molecule has 3 rings (SSSR count). The molecule has 0 N–H and O–H groups in total. The van der Waals surface area contributed by atoms with Gasteiger partial charge in [-0.2, -0.15) is 0 Å². The van der Waals surface area contributed by atoms with Gasteiger partial charge >= 0.3 is 0 Å². The first-order valence-electron chi connectivity index (χ1n) is 9.84. The predicted octanol–water partition coefficient (Wildman–Crippen LogP) is 4.87. The Morgan fingerprint density at radius 1 is 0.857 bits per heavy atom. The molecule has 1 aliphatic rings. The molecule has 28 heavy (non-hydrogen) atoms. The number of carbonyl (C=O) groups is 2. The van der Waals surface area contributed by atoms with Crippen LogP contribution in [0.5, 0.6) is 11.5 Å². The van der Waals surface area contributed by atoms with E-state index in [1.165, 1.54) is 4.90 Å². The second-order valence-electron chi connectivity index (χ2n) is 7.24. The smallest absolute Gasteiger partial charge is 0.262 e. The van der Waals surface area contributed by atoms with Crippen molar-refractivity contribution in [3.8, 4) is 11.5 Å². The van der Waals surface area contributed by atoms with Crippen LogP contribution in [0.3, 0.4) is 0 Å². The Kier molecular flexibility index (Phi) is 6.02. The van der Waals surface area contributed by atoms with Gasteiger partial charge in [0.15, 0.2) is 11.5 Å². The maximum Gasteiger partial charge on any atom is 0.262 e. The van der Waals surface area contributed by atoms with Crippen LogP contribution in [0, 0.1) is 5.92 Å². The normalized spacial score (nSPS) is 14.4. The van der Waals surface area contributed by atoms with E-state index in [9.17, 15) is 9.59 Å². The first-order chi connectivity index (χ1) is 13.5. The molecule has 0 bridgehead atoms. The van der Waals surface area contributed by atoms with Gasteiger partial charge in [-0.1, -0.05) is 32.0 Å². The van der Waals surface area contributed by atoms with Gasteiger partial charge in [-0.05, 0) is 56.0 Å². The summed E-state index contributed by atoms with van der Waals surface area (Å²) in [6.45, 7) is 9.05. The van der Waals surface area contributed by atoms with Crippen LogP contribution in [0.4, 0.5) is 0 Å². The Morgan fingerprint density at radius 2 is 1.43 bits per heavy atom. The van der Waals surface area contributed by atoms with Crippen molar-refractivity contribution in [1.82, 2.24) is 4.90 Å². The predicted molar refractivity (Wildman–Crippen MR) is 108 cm³/mol. The number of imide groups is 1. The lowest BCUT2D eigenvalue weighted by atomic mass is 9.95. The highest BCUT2D eigenvalue weighted by Gasteiger charge is 2.40. The molecule has 1 aliphatic heterocycles. The van der Waals surface area contributed by atoms with E-state index in [2.05, 4.69) is 13.8 Å². The van der Waals surface area contributed by atoms with E-state index >= 15 is 0 Å². The van der Waals surface area contributed by atoms with Gasteiger partial charge in [0.1, 0.15) is 0 Å². The van der Waals surface area contributed by atoms with Crippen LogP contribution < -0.4 is 9.47 Å². The highest BCUT2D eigenvalue weighted by atomic mass is 16.5. The van der Waals surface area contributed by atoms with Gasteiger partial charge in [-0.25, -0.2) is 0 Å². The molecule has 2 amide bonds. The molecule has 148 valence electrons. The van der Waals surface area contributed by atoms with Gasteiger partial charge in [0.25, 0.3) is 11.8 Å². The Balaban J connectivity index is 2.03. The Labute approximate surface area is 166 Å². The summed E-state index contributed by atoms with van der Waals surface area (Å²) < 4.78 is 11.4. The molecule has 0 aliphatic carbocycles. The minimum atomic E-state index is -0.359. The zero-order valence-corrected chi connectivity index (χ0v) is 16.9. The molecule has 5 nitrogen and oxygen atoms in total. The molecular weight excluding hydrogens is 354 g/mol. The van der Waals surface area contributed by atoms with Crippen molar-refractivity contribution in [2.75, 3.05) is 13.2 Å². The highest BCUT2D eigenvalue weighted by Crippen LogP contribution is 2.38. The summed E-state index contributed by atoms with van der Waals surface area (Å²) in [4.78, 5) is 27.5. The first kappa shape index (κ1) is 19.9. The summed E-state index contributed by atoms with van der Waals surface area (Å²) >= 11 is 0. The number of rotatable bonds is 8. The van der Waals surface area contributed by atoms with Crippen LogP contribution in [0.1, 0.15) is 66.4 Å². The zero-order chi connectivity index (χ0) is 20.3. The molecule has 5 heteroatoms. The van der Waals surface area contributed by atoms with Crippen molar-refractivity contribution in [3.63, 3.8) is 0 Å². The van der Waals surface area contributed by atoms with Gasteiger partial charge in [0.05, 0.1) is 30.4 Å². The topological polar surface area (TPSA) is 55.8 Å². The Hall–Kier alpha value is -2.82. The maximum atomic E-state index is 13.0. The van der Waals surface area contributed by atoms with Crippen LogP contribution in [0.25, 0.3) is 0 Å². The first-order valence-corrected chi connectivity index (χ1v) is 9.84. The summed E-state index contributed by atoms with van der Waals surface area (Å²) in [5, 5.41) is 0. The average Bonchev–Trinajstić information content (AvgIpc) is 2.93. The van der Waals surface area contributed by atoms with Gasteiger partial charge in [-0.15, -0.1) is 0 Å². The minimum absolute atomic E-state index is 0.238. The molecular formula is C23H27NO4. The molecule has 0 saturated carbocycles. The van der Waals surface area contributed by atoms with E-state index in [1.807, 2.05) is 32.0 Å². The Morgan fingerprint density at radius 3 is 1.96 bits per heavy atom. The number of fused-ring (bicyclic) bond motifs is 1. The van der Waals surface area contributed by atoms with E-state index < -0.39 is 0 Å². The molecule has 1 unspecified atom stereocenters. The summed E-state index contributed by atoms with van der Waals surface area (Å²) in [6.07, 6.45) is 0.672. The average molecular weight is 381 g/mol. The third kappa shape index (κ3) is 3.75. The molecule has 0 radical (unpaired) electrons. The summed E-state index contributed by atoms with van der Waals surface area (Å²) in [7, 11) is 0. The van der Waals surface area contributed by atoms with Crippen LogP contribution >= 0.6 is 0 Å².